The molecule has 0 spiro atoms. The summed E-state index contributed by atoms with van der Waals surface area (Å²) in [6.45, 7) is 0. The first-order valence-corrected chi connectivity index (χ1v) is 17.5. The third kappa shape index (κ3) is 2.33. The van der Waals surface area contributed by atoms with Gasteiger partial charge in [0.15, 0.2) is 0 Å². The fraction of sp³-hybridized carbons (Fsp3) is 0.200. The summed E-state index contributed by atoms with van der Waals surface area (Å²) in [4.78, 5) is 0. The van der Waals surface area contributed by atoms with Gasteiger partial charge in [-0.05, 0) is 0 Å². The summed E-state index contributed by atoms with van der Waals surface area (Å²) in [5.41, 5.74) is 4.20. The van der Waals surface area contributed by atoms with E-state index >= 15 is 0 Å². The molecule has 0 saturated carbocycles. The van der Waals surface area contributed by atoms with E-state index in [-0.39, 0.29) is 5.41 Å². The van der Waals surface area contributed by atoms with Gasteiger partial charge in [0, 0.05) is 0 Å². The molecule has 0 aromatic heterocycles. The second kappa shape index (κ2) is 5.11. The van der Waals surface area contributed by atoms with Crippen LogP contribution in [0.3, 0.4) is 0 Å². The van der Waals surface area contributed by atoms with Crippen LogP contribution in [0.1, 0.15) is 11.1 Å². The van der Waals surface area contributed by atoms with Crippen LogP contribution in [0.4, 0.5) is 0 Å². The molecule has 2 aliphatic rings. The van der Waals surface area contributed by atoms with Gasteiger partial charge in [-0.1, -0.05) is 0 Å². The molecule has 0 bridgehead atoms. The molecule has 0 amide bonds. The number of hydrogen-bond donors (Lipinski definition) is 0. The van der Waals surface area contributed by atoms with Crippen molar-refractivity contribution in [2.75, 3.05) is 0 Å². The van der Waals surface area contributed by atoms with Crippen LogP contribution in [-0.4, -0.2) is 0 Å². The maximum atomic E-state index is 6.22. The van der Waals surface area contributed by atoms with Crippen molar-refractivity contribution >= 4 is 23.2 Å². The van der Waals surface area contributed by atoms with E-state index in [0.717, 1.165) is 10.6 Å². The van der Waals surface area contributed by atoms with E-state index in [1.807, 2.05) is 0 Å². The van der Waals surface area contributed by atoms with E-state index in [0.29, 0.717) is 0 Å². The van der Waals surface area contributed by atoms with Gasteiger partial charge in [-0.15, -0.1) is 0 Å². The Balaban J connectivity index is 1.96. The maximum absolute atomic E-state index is 6.22. The molecule has 0 radical (unpaired) electrons. The zero-order chi connectivity index (χ0) is 12.6. The molecular formula is C15H13Cl2Hf. The topological polar surface area (TPSA) is 0 Å². The molecular weight excluding hydrogens is 430 g/mol. The molecule has 0 atom stereocenters. The molecule has 0 unspecified atom stereocenters. The van der Waals surface area contributed by atoms with Gasteiger partial charge in [0.1, 0.15) is 0 Å². The summed E-state index contributed by atoms with van der Waals surface area (Å²) in [5, 5.41) is 0. The predicted molar refractivity (Wildman–Crippen MR) is 75.3 cm³/mol. The van der Waals surface area contributed by atoms with Crippen LogP contribution in [0.15, 0.2) is 54.1 Å². The summed E-state index contributed by atoms with van der Waals surface area (Å²) in [6, 6.07) is 8.59. The van der Waals surface area contributed by atoms with Gasteiger partial charge in [-0.25, -0.2) is 0 Å². The second-order valence-corrected chi connectivity index (χ2v) is 17.6. The average molecular weight is 443 g/mol. The van der Waals surface area contributed by atoms with E-state index in [1.54, 1.807) is 0 Å². The molecule has 0 aliphatic heterocycles. The van der Waals surface area contributed by atoms with Crippen LogP contribution in [0.2, 0.25) is 4.18 Å². The van der Waals surface area contributed by atoms with Gasteiger partial charge in [-0.3, -0.25) is 0 Å². The standard InChI is InChI=1S/C15H13.2ClH.Hf/c1-15(8-4-5-9-15)14-10-12-6-2-3-7-13(12)11-14;;;/h2-10H,1,11H2;2*1H;/q;;;+2/p-2. The minimum atomic E-state index is -2.34. The molecule has 0 saturated heterocycles. The Morgan fingerprint density at radius 2 is 1.83 bits per heavy atom. The number of rotatable bonds is 3. The number of halogens is 2. The van der Waals surface area contributed by atoms with Crippen molar-refractivity contribution in [3.63, 3.8) is 0 Å². The molecule has 91 valence electrons. The Morgan fingerprint density at radius 3 is 2.50 bits per heavy atom. The van der Waals surface area contributed by atoms with Crippen molar-refractivity contribution < 1.29 is 19.1 Å². The molecule has 0 fully saturated rings. The van der Waals surface area contributed by atoms with Gasteiger partial charge >= 0.3 is 124 Å². The quantitative estimate of drug-likeness (QED) is 0.573. The fourth-order valence-corrected chi connectivity index (χ4v) is 9.63. The van der Waals surface area contributed by atoms with Gasteiger partial charge in [0.05, 0.1) is 0 Å². The number of benzene rings is 1. The first-order chi connectivity index (χ1) is 8.70. The van der Waals surface area contributed by atoms with Crippen molar-refractivity contribution in [1.82, 2.24) is 0 Å². The van der Waals surface area contributed by atoms with Crippen LogP contribution in [0, 0.1) is 5.41 Å². The van der Waals surface area contributed by atoms with Crippen LogP contribution in [0.5, 0.6) is 0 Å². The third-order valence-electron chi connectivity index (χ3n) is 3.69. The molecule has 2 aliphatic carbocycles. The average Bonchev–Trinajstić information content (AvgIpc) is 2.94. The zero-order valence-corrected chi connectivity index (χ0v) is 15.0. The minimum absolute atomic E-state index is 0.00456. The Hall–Kier alpha value is -0.110. The molecule has 3 heteroatoms. The predicted octanol–water partition coefficient (Wildman–Crippen LogP) is 5.08. The van der Waals surface area contributed by atoms with Gasteiger partial charge < -0.3 is 0 Å². The van der Waals surface area contributed by atoms with E-state index in [1.165, 1.54) is 16.7 Å². The van der Waals surface area contributed by atoms with Crippen molar-refractivity contribution in [3.8, 4) is 0 Å². The summed E-state index contributed by atoms with van der Waals surface area (Å²) in [7, 11) is 12.4. The van der Waals surface area contributed by atoms with E-state index in [2.05, 4.69) is 54.6 Å². The second-order valence-electron chi connectivity index (χ2n) is 4.82. The summed E-state index contributed by atoms with van der Waals surface area (Å²) >= 11 is -2.34. The SMILES string of the molecule is [Cl][Hf]([Cl])[CH2]C1(C2=Cc3ccccc3C2)C=CC=C1. The summed E-state index contributed by atoms with van der Waals surface area (Å²) in [6.07, 6.45) is 12.1. The molecule has 1 aromatic rings. The Morgan fingerprint density at radius 1 is 1.11 bits per heavy atom. The summed E-state index contributed by atoms with van der Waals surface area (Å²) < 4.78 is 0.952. The fourth-order valence-electron chi connectivity index (χ4n) is 2.76. The van der Waals surface area contributed by atoms with Crippen LogP contribution in [0.25, 0.3) is 6.08 Å². The Labute approximate surface area is 123 Å². The Bertz CT molecular complexity index is 543. The molecule has 0 heterocycles. The molecule has 0 nitrogen and oxygen atoms in total. The Kier molecular flexibility index (Phi) is 3.66. The van der Waals surface area contributed by atoms with Crippen LogP contribution in [-0.2, 0) is 25.5 Å². The zero-order valence-electron chi connectivity index (χ0n) is 9.87. The van der Waals surface area contributed by atoms with Gasteiger partial charge in [0.2, 0.25) is 0 Å². The molecule has 3 rings (SSSR count). The number of allylic oxidation sites excluding steroid dienone is 5. The monoisotopic (exact) mass is 443 g/mol. The van der Waals surface area contributed by atoms with Crippen molar-refractivity contribution in [2.45, 2.75) is 10.6 Å². The van der Waals surface area contributed by atoms with Crippen LogP contribution >= 0.6 is 17.2 Å². The third-order valence-corrected chi connectivity index (χ3v) is 8.94. The molecule has 1 aromatic carbocycles. The van der Waals surface area contributed by atoms with Gasteiger partial charge in [0.25, 0.3) is 0 Å². The first kappa shape index (κ1) is 12.9. The first-order valence-electron chi connectivity index (χ1n) is 6.02. The summed E-state index contributed by atoms with van der Waals surface area (Å²) in [5.74, 6) is 0. The van der Waals surface area contributed by atoms with E-state index in [9.17, 15) is 0 Å². The van der Waals surface area contributed by atoms with Gasteiger partial charge in [-0.2, -0.15) is 0 Å². The van der Waals surface area contributed by atoms with Crippen molar-refractivity contribution in [2.24, 2.45) is 5.41 Å². The normalized spacial score (nSPS) is 18.9. The van der Waals surface area contributed by atoms with Crippen LogP contribution < -0.4 is 0 Å². The molecule has 18 heavy (non-hydrogen) atoms. The van der Waals surface area contributed by atoms with Crippen molar-refractivity contribution in [3.05, 3.63) is 65.3 Å². The number of fused-ring (bicyclic) bond motifs is 1. The number of hydrogen-bond acceptors (Lipinski definition) is 0. The van der Waals surface area contributed by atoms with E-state index < -0.39 is 19.1 Å². The molecule has 0 N–H and O–H groups in total. The van der Waals surface area contributed by atoms with E-state index in [4.69, 9.17) is 17.2 Å². The van der Waals surface area contributed by atoms with Crippen molar-refractivity contribution in [1.29, 1.82) is 0 Å².